The predicted octanol–water partition coefficient (Wildman–Crippen LogP) is 1.78. The zero-order valence-corrected chi connectivity index (χ0v) is 9.11. The lowest BCUT2D eigenvalue weighted by molar-refractivity contribution is 0.0987. The molecule has 2 rings (SSSR count). The van der Waals surface area contributed by atoms with Gasteiger partial charge in [-0.05, 0) is 12.1 Å². The maximum Gasteiger partial charge on any atom is 0.187 e. The van der Waals surface area contributed by atoms with Crippen molar-refractivity contribution in [3.05, 3.63) is 46.2 Å². The van der Waals surface area contributed by atoms with E-state index in [1.165, 1.54) is 17.5 Å². The van der Waals surface area contributed by atoms with Gasteiger partial charge in [-0.15, -0.1) is 11.3 Å². The Labute approximate surface area is 96.0 Å². The molecule has 0 saturated heterocycles. The minimum Gasteiger partial charge on any atom is -0.298 e. The summed E-state index contributed by atoms with van der Waals surface area (Å²) in [5, 5.41) is 1.71. The van der Waals surface area contributed by atoms with Crippen molar-refractivity contribution in [2.45, 2.75) is 6.42 Å². The maximum absolute atomic E-state index is 11.7. The lowest BCUT2D eigenvalue weighted by Gasteiger charge is -1.98. The quantitative estimate of drug-likeness (QED) is 0.595. The molecular formula is C11H8N2O2S. The van der Waals surface area contributed by atoms with Gasteiger partial charge in [0.25, 0.3) is 0 Å². The monoisotopic (exact) mass is 232 g/mol. The molecule has 2 aromatic heterocycles. The van der Waals surface area contributed by atoms with Crippen LogP contribution in [0.15, 0.2) is 29.2 Å². The number of carbonyl (C=O) groups excluding carboxylic acids is 2. The van der Waals surface area contributed by atoms with Gasteiger partial charge in [0, 0.05) is 22.8 Å². The van der Waals surface area contributed by atoms with Crippen molar-refractivity contribution in [2.75, 3.05) is 0 Å². The molecule has 80 valence electrons. The Morgan fingerprint density at radius 2 is 2.25 bits per heavy atom. The normalized spacial score (nSPS) is 10.0. The molecular weight excluding hydrogens is 224 g/mol. The zero-order chi connectivity index (χ0) is 11.4. The van der Waals surface area contributed by atoms with Crippen molar-refractivity contribution in [3.63, 3.8) is 0 Å². The number of hydrogen-bond donors (Lipinski definition) is 0. The van der Waals surface area contributed by atoms with Crippen molar-refractivity contribution < 1.29 is 9.59 Å². The van der Waals surface area contributed by atoms with E-state index in [1.807, 2.05) is 0 Å². The SMILES string of the molecule is O=Cc1ccc(CC(=O)c2cscn2)nc1. The minimum atomic E-state index is -0.0624. The summed E-state index contributed by atoms with van der Waals surface area (Å²) in [5.74, 6) is -0.0624. The van der Waals surface area contributed by atoms with E-state index in [9.17, 15) is 9.59 Å². The summed E-state index contributed by atoms with van der Waals surface area (Å²) < 4.78 is 0. The number of ketones is 1. The van der Waals surface area contributed by atoms with Crippen LogP contribution >= 0.6 is 11.3 Å². The topological polar surface area (TPSA) is 59.9 Å². The van der Waals surface area contributed by atoms with Crippen molar-refractivity contribution >= 4 is 23.4 Å². The van der Waals surface area contributed by atoms with Crippen LogP contribution in [0.1, 0.15) is 26.5 Å². The van der Waals surface area contributed by atoms with Gasteiger partial charge in [0.1, 0.15) is 5.69 Å². The fourth-order valence-corrected chi connectivity index (χ4v) is 1.77. The molecule has 16 heavy (non-hydrogen) atoms. The first kappa shape index (κ1) is 10.6. The summed E-state index contributed by atoms with van der Waals surface area (Å²) in [6.07, 6.45) is 2.39. The zero-order valence-electron chi connectivity index (χ0n) is 8.29. The predicted molar refractivity (Wildman–Crippen MR) is 59.8 cm³/mol. The second kappa shape index (κ2) is 4.76. The molecule has 0 aliphatic carbocycles. The van der Waals surface area contributed by atoms with E-state index < -0.39 is 0 Å². The van der Waals surface area contributed by atoms with E-state index in [-0.39, 0.29) is 12.2 Å². The van der Waals surface area contributed by atoms with Crippen LogP contribution < -0.4 is 0 Å². The summed E-state index contributed by atoms with van der Waals surface area (Å²) in [5.41, 5.74) is 3.23. The highest BCUT2D eigenvalue weighted by atomic mass is 32.1. The number of thiazole rings is 1. The molecule has 2 heterocycles. The summed E-state index contributed by atoms with van der Waals surface area (Å²) in [4.78, 5) is 30.0. The largest absolute Gasteiger partial charge is 0.298 e. The Kier molecular flexibility index (Phi) is 3.16. The average Bonchev–Trinajstić information content (AvgIpc) is 2.83. The van der Waals surface area contributed by atoms with Gasteiger partial charge in [-0.3, -0.25) is 14.6 Å². The van der Waals surface area contributed by atoms with Gasteiger partial charge in [0.2, 0.25) is 0 Å². The number of aromatic nitrogens is 2. The van der Waals surface area contributed by atoms with Crippen LogP contribution in [0.4, 0.5) is 0 Å². The number of nitrogens with zero attached hydrogens (tertiary/aromatic N) is 2. The van der Waals surface area contributed by atoms with Gasteiger partial charge in [0.05, 0.1) is 11.9 Å². The third-order valence-electron chi connectivity index (χ3n) is 2.04. The Morgan fingerprint density at radius 3 is 2.81 bits per heavy atom. The van der Waals surface area contributed by atoms with E-state index in [0.29, 0.717) is 17.0 Å². The molecule has 0 amide bonds. The molecule has 0 spiro atoms. The number of pyridine rings is 1. The van der Waals surface area contributed by atoms with Gasteiger partial charge in [-0.2, -0.15) is 0 Å². The van der Waals surface area contributed by atoms with Crippen molar-refractivity contribution in [1.82, 2.24) is 9.97 Å². The molecule has 0 atom stereocenters. The standard InChI is InChI=1S/C11H8N2O2S/c14-5-8-1-2-9(12-4-8)3-11(15)10-6-16-7-13-10/h1-2,4-7H,3H2. The van der Waals surface area contributed by atoms with E-state index >= 15 is 0 Å². The molecule has 0 aliphatic rings. The van der Waals surface area contributed by atoms with Gasteiger partial charge in [-0.25, -0.2) is 4.98 Å². The van der Waals surface area contributed by atoms with Gasteiger partial charge >= 0.3 is 0 Å². The highest BCUT2D eigenvalue weighted by molar-refractivity contribution is 7.07. The first-order valence-electron chi connectivity index (χ1n) is 4.61. The minimum absolute atomic E-state index is 0.0624. The first-order chi connectivity index (χ1) is 7.79. The lowest BCUT2D eigenvalue weighted by Crippen LogP contribution is -2.05. The Hall–Kier alpha value is -1.88. The van der Waals surface area contributed by atoms with Crippen LogP contribution in [0.3, 0.4) is 0 Å². The number of rotatable bonds is 4. The summed E-state index contributed by atoms with van der Waals surface area (Å²) in [6, 6.07) is 3.32. The summed E-state index contributed by atoms with van der Waals surface area (Å²) >= 11 is 1.39. The maximum atomic E-state index is 11.7. The molecule has 0 radical (unpaired) electrons. The summed E-state index contributed by atoms with van der Waals surface area (Å²) in [6.45, 7) is 0. The third-order valence-corrected chi connectivity index (χ3v) is 2.63. The molecule has 2 aromatic rings. The van der Waals surface area contributed by atoms with Crippen molar-refractivity contribution in [2.24, 2.45) is 0 Å². The second-order valence-electron chi connectivity index (χ2n) is 3.17. The van der Waals surface area contributed by atoms with Crippen molar-refractivity contribution in [3.8, 4) is 0 Å². The Balaban J connectivity index is 2.09. The van der Waals surface area contributed by atoms with Crippen LogP contribution in [0.2, 0.25) is 0 Å². The molecule has 0 N–H and O–H groups in total. The molecule has 0 fully saturated rings. The smallest absolute Gasteiger partial charge is 0.187 e. The molecule has 4 nitrogen and oxygen atoms in total. The number of aldehydes is 1. The molecule has 0 aromatic carbocycles. The number of hydrogen-bond acceptors (Lipinski definition) is 5. The molecule has 5 heteroatoms. The summed E-state index contributed by atoms with van der Waals surface area (Å²) in [7, 11) is 0. The average molecular weight is 232 g/mol. The Bertz CT molecular complexity index is 491. The van der Waals surface area contributed by atoms with E-state index in [0.717, 1.165) is 6.29 Å². The van der Waals surface area contributed by atoms with Gasteiger partial charge < -0.3 is 0 Å². The Morgan fingerprint density at radius 1 is 1.38 bits per heavy atom. The first-order valence-corrected chi connectivity index (χ1v) is 5.55. The van der Waals surface area contributed by atoms with Gasteiger partial charge in [0.15, 0.2) is 12.1 Å². The fourth-order valence-electron chi connectivity index (χ4n) is 1.22. The second-order valence-corrected chi connectivity index (χ2v) is 3.89. The third kappa shape index (κ3) is 2.38. The highest BCUT2D eigenvalue weighted by Gasteiger charge is 2.09. The van der Waals surface area contributed by atoms with Crippen LogP contribution in [0.5, 0.6) is 0 Å². The van der Waals surface area contributed by atoms with Crippen molar-refractivity contribution in [1.29, 1.82) is 0 Å². The molecule has 0 unspecified atom stereocenters. The van der Waals surface area contributed by atoms with Crippen LogP contribution in [-0.4, -0.2) is 22.0 Å². The van der Waals surface area contributed by atoms with E-state index in [4.69, 9.17) is 0 Å². The number of carbonyl (C=O) groups is 2. The van der Waals surface area contributed by atoms with E-state index in [1.54, 1.807) is 23.0 Å². The molecule has 0 bridgehead atoms. The van der Waals surface area contributed by atoms with E-state index in [2.05, 4.69) is 9.97 Å². The molecule has 0 aliphatic heterocycles. The van der Waals surface area contributed by atoms with Crippen LogP contribution in [0.25, 0.3) is 0 Å². The molecule has 0 saturated carbocycles. The lowest BCUT2D eigenvalue weighted by atomic mass is 10.1. The van der Waals surface area contributed by atoms with Crippen LogP contribution in [-0.2, 0) is 6.42 Å². The van der Waals surface area contributed by atoms with Gasteiger partial charge in [-0.1, -0.05) is 0 Å². The number of Topliss-reactive ketones (excluding diaryl/α,β-unsaturated/α-hetero) is 1. The van der Waals surface area contributed by atoms with Crippen LogP contribution in [0, 0.1) is 0 Å². The fraction of sp³-hybridized carbons (Fsp3) is 0.0909. The highest BCUT2D eigenvalue weighted by Crippen LogP contribution is 2.06.